The molecule has 14 heteroatoms. The first kappa shape index (κ1) is 29.2. The highest BCUT2D eigenvalue weighted by atomic mass is 19.4. The Morgan fingerprint density at radius 2 is 1.74 bits per heavy atom. The quantitative estimate of drug-likeness (QED) is 0.549. The molecule has 38 heavy (non-hydrogen) atoms. The second-order valence-electron chi connectivity index (χ2n) is 11.2. The molecule has 1 aliphatic heterocycles. The number of hydrogen-bond acceptors (Lipinski definition) is 5. The second kappa shape index (κ2) is 9.43. The predicted octanol–water partition coefficient (Wildman–Crippen LogP) is 3.36. The smallest absolute Gasteiger partial charge is 0.336 e. The molecule has 2 N–H and O–H groups in total. The first-order chi connectivity index (χ1) is 17.2. The molecular formula is C24H27F6N5O3. The van der Waals surface area contributed by atoms with Gasteiger partial charge in [-0.15, -0.1) is 0 Å². The van der Waals surface area contributed by atoms with Crippen molar-refractivity contribution >= 4 is 17.7 Å². The summed E-state index contributed by atoms with van der Waals surface area (Å²) in [5.41, 5.74) is -3.40. The molecule has 1 aliphatic carbocycles. The number of fused-ring (bicyclic) bond motifs is 1. The van der Waals surface area contributed by atoms with Crippen molar-refractivity contribution in [3.63, 3.8) is 0 Å². The van der Waals surface area contributed by atoms with Gasteiger partial charge in [-0.3, -0.25) is 19.4 Å². The Hall–Kier alpha value is -3.37. The van der Waals surface area contributed by atoms with Gasteiger partial charge >= 0.3 is 18.3 Å². The maximum Gasteiger partial charge on any atom is 0.471 e. The molecule has 5 unspecified atom stereocenters. The minimum atomic E-state index is -5.25. The summed E-state index contributed by atoms with van der Waals surface area (Å²) in [6.45, 7) is 7.95. The van der Waals surface area contributed by atoms with Crippen molar-refractivity contribution < 1.29 is 40.7 Å². The largest absolute Gasteiger partial charge is 0.471 e. The number of carbonyl (C=O) groups excluding carboxylic acids is 3. The highest BCUT2D eigenvalue weighted by molar-refractivity contribution is 5.95. The average molecular weight is 548 g/mol. The van der Waals surface area contributed by atoms with Gasteiger partial charge in [0.15, 0.2) is 0 Å². The minimum absolute atomic E-state index is 0.0129. The number of alkyl halides is 6. The molecule has 1 saturated carbocycles. The number of nitrogens with zero attached hydrogens (tertiary/aromatic N) is 3. The van der Waals surface area contributed by atoms with E-state index in [4.69, 9.17) is 0 Å². The van der Waals surface area contributed by atoms with E-state index in [1.165, 1.54) is 20.8 Å². The van der Waals surface area contributed by atoms with E-state index in [0.29, 0.717) is 6.07 Å². The average Bonchev–Trinajstić information content (AvgIpc) is 3.12. The van der Waals surface area contributed by atoms with E-state index in [1.54, 1.807) is 11.4 Å². The van der Waals surface area contributed by atoms with E-state index < -0.39 is 76.1 Å². The zero-order valence-electron chi connectivity index (χ0n) is 21.2. The molecular weight excluding hydrogens is 520 g/mol. The maximum absolute atomic E-state index is 13.5. The first-order valence-corrected chi connectivity index (χ1v) is 11.6. The summed E-state index contributed by atoms with van der Waals surface area (Å²) < 4.78 is 79.4. The monoisotopic (exact) mass is 547 g/mol. The lowest BCUT2D eigenvalue weighted by molar-refractivity contribution is -0.176. The number of halogens is 6. The third kappa shape index (κ3) is 5.42. The molecule has 0 radical (unpaired) electrons. The lowest BCUT2D eigenvalue weighted by Crippen LogP contribution is -2.60. The van der Waals surface area contributed by atoms with Crippen LogP contribution in [-0.4, -0.2) is 52.4 Å². The van der Waals surface area contributed by atoms with E-state index in [0.717, 1.165) is 17.3 Å². The lowest BCUT2D eigenvalue weighted by Gasteiger charge is -2.37. The van der Waals surface area contributed by atoms with Crippen LogP contribution in [0.2, 0.25) is 0 Å². The van der Waals surface area contributed by atoms with Gasteiger partial charge in [-0.05, 0) is 28.7 Å². The topological polar surface area (TPSA) is 115 Å². The molecule has 3 rings (SSSR count). The number of aromatic nitrogens is 1. The van der Waals surface area contributed by atoms with Crippen LogP contribution in [0.5, 0.6) is 0 Å². The van der Waals surface area contributed by atoms with Crippen molar-refractivity contribution in [2.45, 2.75) is 65.1 Å². The Morgan fingerprint density at radius 1 is 1.13 bits per heavy atom. The molecule has 8 nitrogen and oxygen atoms in total. The zero-order chi connectivity index (χ0) is 29.0. The fraction of sp³-hybridized carbons (Fsp3) is 0.625. The number of likely N-dealkylation sites (tertiary alicyclic amines) is 1. The van der Waals surface area contributed by atoms with Crippen molar-refractivity contribution in [3.05, 3.63) is 29.6 Å². The van der Waals surface area contributed by atoms with Gasteiger partial charge < -0.3 is 15.5 Å². The summed E-state index contributed by atoms with van der Waals surface area (Å²) >= 11 is 0. The summed E-state index contributed by atoms with van der Waals surface area (Å²) in [7, 11) is 0. The summed E-state index contributed by atoms with van der Waals surface area (Å²) in [5, 5.41) is 13.6. The molecule has 0 aromatic carbocycles. The Bertz CT molecular complexity index is 1170. The van der Waals surface area contributed by atoms with Crippen molar-refractivity contribution in [2.24, 2.45) is 22.7 Å². The number of nitriles is 1. The van der Waals surface area contributed by atoms with E-state index in [1.807, 2.05) is 13.8 Å². The van der Waals surface area contributed by atoms with Crippen LogP contribution in [-0.2, 0) is 20.6 Å². The van der Waals surface area contributed by atoms with Gasteiger partial charge in [0.1, 0.15) is 18.1 Å². The van der Waals surface area contributed by atoms with Crippen LogP contribution in [0.15, 0.2) is 18.5 Å². The van der Waals surface area contributed by atoms with Crippen LogP contribution >= 0.6 is 0 Å². The summed E-state index contributed by atoms with van der Waals surface area (Å²) in [4.78, 5) is 43.2. The molecule has 1 saturated heterocycles. The third-order valence-electron chi connectivity index (χ3n) is 7.29. The molecule has 1 aromatic heterocycles. The number of piperidine rings is 1. The molecule has 5 atom stereocenters. The Labute approximate surface area is 214 Å². The molecule has 0 bridgehead atoms. The highest BCUT2D eigenvalue weighted by Gasteiger charge is 2.70. The summed E-state index contributed by atoms with van der Waals surface area (Å²) in [6, 6.07) is -2.44. The summed E-state index contributed by atoms with van der Waals surface area (Å²) in [5.74, 6) is -4.87. The van der Waals surface area contributed by atoms with Crippen molar-refractivity contribution in [3.8, 4) is 6.07 Å². The SMILES string of the molecule is CC(C)(C)C(NC(=O)C(F)(F)F)C(=O)N1CC2C(C1C(=O)NC(C#N)c1cnccc1C(F)(F)F)C2(C)C. The normalized spacial score (nSPS) is 24.1. The summed E-state index contributed by atoms with van der Waals surface area (Å²) in [6.07, 6.45) is -8.40. The van der Waals surface area contributed by atoms with Gasteiger partial charge in [-0.1, -0.05) is 34.6 Å². The van der Waals surface area contributed by atoms with Gasteiger partial charge in [0, 0.05) is 24.5 Å². The molecule has 2 heterocycles. The van der Waals surface area contributed by atoms with Gasteiger partial charge in [0.2, 0.25) is 11.8 Å². The van der Waals surface area contributed by atoms with Crippen LogP contribution in [0.3, 0.4) is 0 Å². The number of carbonyl (C=O) groups is 3. The molecule has 2 aliphatic rings. The van der Waals surface area contributed by atoms with E-state index >= 15 is 0 Å². The first-order valence-electron chi connectivity index (χ1n) is 11.6. The van der Waals surface area contributed by atoms with Gasteiger partial charge in [0.25, 0.3) is 0 Å². The lowest BCUT2D eigenvalue weighted by atomic mass is 9.85. The van der Waals surface area contributed by atoms with Crippen LogP contribution in [0.25, 0.3) is 0 Å². The Morgan fingerprint density at radius 3 is 2.24 bits per heavy atom. The number of rotatable bonds is 5. The predicted molar refractivity (Wildman–Crippen MR) is 119 cm³/mol. The van der Waals surface area contributed by atoms with Gasteiger partial charge in [-0.25, -0.2) is 0 Å². The van der Waals surface area contributed by atoms with Gasteiger partial charge in [0.05, 0.1) is 11.6 Å². The van der Waals surface area contributed by atoms with Crippen molar-refractivity contribution in [2.75, 3.05) is 6.54 Å². The number of amides is 3. The Kier molecular flexibility index (Phi) is 7.24. The van der Waals surface area contributed by atoms with Crippen LogP contribution < -0.4 is 10.6 Å². The number of nitrogens with one attached hydrogen (secondary N) is 2. The van der Waals surface area contributed by atoms with Crippen LogP contribution in [0, 0.1) is 34.0 Å². The number of hydrogen-bond donors (Lipinski definition) is 2. The zero-order valence-corrected chi connectivity index (χ0v) is 21.2. The minimum Gasteiger partial charge on any atom is -0.336 e. The van der Waals surface area contributed by atoms with Crippen molar-refractivity contribution in [1.82, 2.24) is 20.5 Å². The highest BCUT2D eigenvalue weighted by Crippen LogP contribution is 2.65. The molecule has 208 valence electrons. The molecule has 3 amide bonds. The molecule has 0 spiro atoms. The van der Waals surface area contributed by atoms with E-state index in [2.05, 4.69) is 10.3 Å². The van der Waals surface area contributed by atoms with Crippen LogP contribution in [0.1, 0.15) is 51.8 Å². The molecule has 1 aromatic rings. The molecule has 2 fully saturated rings. The van der Waals surface area contributed by atoms with Crippen LogP contribution in [0.4, 0.5) is 26.3 Å². The standard InChI is InChI=1S/C24H27F6N5O3/c1-21(2,3)17(34-20(38)24(28,29)30)19(37)35-10-13-15(22(13,4)5)16(35)18(36)33-14(8-31)11-9-32-7-6-12(11)23(25,26)27/h6-7,9,13-17H,10H2,1-5H3,(H,33,36)(H,34,38). The van der Waals surface area contributed by atoms with E-state index in [9.17, 15) is 46.0 Å². The second-order valence-corrected chi connectivity index (χ2v) is 11.2. The van der Waals surface area contributed by atoms with E-state index in [-0.39, 0.29) is 12.5 Å². The Balaban J connectivity index is 1.93. The van der Waals surface area contributed by atoms with Gasteiger partial charge in [-0.2, -0.15) is 31.6 Å². The maximum atomic E-state index is 13.5. The van der Waals surface area contributed by atoms with Crippen molar-refractivity contribution in [1.29, 1.82) is 5.26 Å². The number of pyridine rings is 1. The fourth-order valence-corrected chi connectivity index (χ4v) is 5.14. The third-order valence-corrected chi connectivity index (χ3v) is 7.29. The fourth-order valence-electron chi connectivity index (χ4n) is 5.14.